The second-order valence-corrected chi connectivity index (χ2v) is 10.1. The van der Waals surface area contributed by atoms with Crippen LogP contribution in [0.25, 0.3) is 0 Å². The van der Waals surface area contributed by atoms with Crippen molar-refractivity contribution in [2.24, 2.45) is 0 Å². The Morgan fingerprint density at radius 2 is 1.62 bits per heavy atom. The predicted molar refractivity (Wildman–Crippen MR) is 105 cm³/mol. The third-order valence-corrected chi connectivity index (χ3v) is 7.22. The Labute approximate surface area is 158 Å². The van der Waals surface area contributed by atoms with E-state index in [-0.39, 0.29) is 5.41 Å². The third kappa shape index (κ3) is 4.64. The molecule has 1 fully saturated rings. The molecule has 0 radical (unpaired) electrons. The smallest absolute Gasteiger partial charge is 0.243 e. The summed E-state index contributed by atoms with van der Waals surface area (Å²) in [4.78, 5) is 2.70. The molecule has 0 aromatic heterocycles. The van der Waals surface area contributed by atoms with Crippen molar-refractivity contribution in [3.63, 3.8) is 0 Å². The van der Waals surface area contributed by atoms with Gasteiger partial charge in [0.2, 0.25) is 10.0 Å². The van der Waals surface area contributed by atoms with Crippen LogP contribution in [-0.2, 0) is 15.4 Å². The molecule has 1 saturated heterocycles. The summed E-state index contributed by atoms with van der Waals surface area (Å²) in [6, 6.07) is 6.18. The van der Waals surface area contributed by atoms with Crippen LogP contribution >= 0.6 is 0 Å². The molecule has 1 heterocycles. The fourth-order valence-electron chi connectivity index (χ4n) is 3.49. The molecule has 0 unspecified atom stereocenters. The highest BCUT2D eigenvalue weighted by molar-refractivity contribution is 7.89. The van der Waals surface area contributed by atoms with Gasteiger partial charge in [0.1, 0.15) is 0 Å². The van der Waals surface area contributed by atoms with E-state index in [1.807, 2.05) is 26.0 Å². The molecular formula is C20H31N3O2S. The highest BCUT2D eigenvalue weighted by Gasteiger charge is 2.31. The highest BCUT2D eigenvalue weighted by atomic mass is 32.2. The zero-order valence-corrected chi connectivity index (χ0v) is 17.5. The Morgan fingerprint density at radius 1 is 1.08 bits per heavy atom. The van der Waals surface area contributed by atoms with Crippen molar-refractivity contribution in [1.82, 2.24) is 9.21 Å². The zero-order chi connectivity index (χ0) is 19.5. The van der Waals surface area contributed by atoms with E-state index in [2.05, 4.69) is 31.7 Å². The van der Waals surface area contributed by atoms with Gasteiger partial charge in [0.15, 0.2) is 0 Å². The monoisotopic (exact) mass is 377 g/mol. The molecule has 26 heavy (non-hydrogen) atoms. The zero-order valence-electron chi connectivity index (χ0n) is 16.7. The second-order valence-electron chi connectivity index (χ2n) is 8.20. The summed E-state index contributed by atoms with van der Waals surface area (Å²) in [5, 5.41) is 8.64. The lowest BCUT2D eigenvalue weighted by atomic mass is 9.85. The van der Waals surface area contributed by atoms with Crippen LogP contribution in [0.2, 0.25) is 0 Å². The summed E-state index contributed by atoms with van der Waals surface area (Å²) in [6.45, 7) is 13.5. The number of benzene rings is 1. The molecule has 0 N–H and O–H groups in total. The summed E-state index contributed by atoms with van der Waals surface area (Å²) in [5.41, 5.74) is 2.80. The van der Waals surface area contributed by atoms with E-state index < -0.39 is 10.0 Å². The van der Waals surface area contributed by atoms with Gasteiger partial charge in [0, 0.05) is 32.6 Å². The van der Waals surface area contributed by atoms with Crippen molar-refractivity contribution in [1.29, 1.82) is 5.26 Å². The molecule has 1 aliphatic rings. The van der Waals surface area contributed by atoms with Crippen LogP contribution in [-0.4, -0.2) is 50.3 Å². The lowest BCUT2D eigenvalue weighted by Crippen LogP contribution is -2.48. The minimum Gasteiger partial charge on any atom is -0.301 e. The Morgan fingerprint density at radius 3 is 2.08 bits per heavy atom. The van der Waals surface area contributed by atoms with Gasteiger partial charge in [-0.25, -0.2) is 8.42 Å². The number of hydrogen-bond donors (Lipinski definition) is 0. The Bertz CT molecular complexity index is 757. The van der Waals surface area contributed by atoms with Crippen molar-refractivity contribution >= 4 is 10.0 Å². The quantitative estimate of drug-likeness (QED) is 0.739. The van der Waals surface area contributed by atoms with Crippen LogP contribution in [0, 0.1) is 25.2 Å². The van der Waals surface area contributed by atoms with Gasteiger partial charge in [-0.15, -0.1) is 0 Å². The first-order valence-corrected chi connectivity index (χ1v) is 10.7. The third-order valence-electron chi connectivity index (χ3n) is 5.02. The van der Waals surface area contributed by atoms with E-state index in [1.165, 1.54) is 0 Å². The molecular weight excluding hydrogens is 346 g/mol. The van der Waals surface area contributed by atoms with E-state index in [4.69, 9.17) is 5.26 Å². The van der Waals surface area contributed by atoms with Gasteiger partial charge in [0.25, 0.3) is 0 Å². The van der Waals surface area contributed by atoms with Crippen LogP contribution in [0.5, 0.6) is 0 Å². The van der Waals surface area contributed by atoms with Gasteiger partial charge < -0.3 is 4.90 Å². The Balaban J connectivity index is 2.18. The van der Waals surface area contributed by atoms with Crippen LogP contribution in [0.1, 0.15) is 50.3 Å². The van der Waals surface area contributed by atoms with Gasteiger partial charge in [0.05, 0.1) is 11.0 Å². The lowest BCUT2D eigenvalue weighted by molar-refractivity contribution is 0.187. The number of aryl methyl sites for hydroxylation is 2. The van der Waals surface area contributed by atoms with Crippen molar-refractivity contribution in [3.8, 4) is 6.07 Å². The van der Waals surface area contributed by atoms with Crippen molar-refractivity contribution < 1.29 is 8.42 Å². The molecule has 6 heteroatoms. The maximum Gasteiger partial charge on any atom is 0.243 e. The fourth-order valence-corrected chi connectivity index (χ4v) is 5.33. The minimum atomic E-state index is -3.48. The van der Waals surface area contributed by atoms with Gasteiger partial charge in [-0.05, 0) is 48.9 Å². The van der Waals surface area contributed by atoms with Crippen LogP contribution < -0.4 is 0 Å². The normalized spacial score (nSPS) is 17.2. The van der Waals surface area contributed by atoms with E-state index in [9.17, 15) is 8.42 Å². The summed E-state index contributed by atoms with van der Waals surface area (Å²) in [7, 11) is -3.48. The maximum absolute atomic E-state index is 13.2. The highest BCUT2D eigenvalue weighted by Crippen LogP contribution is 2.31. The molecule has 0 bridgehead atoms. The lowest BCUT2D eigenvalue weighted by Gasteiger charge is -2.34. The summed E-state index contributed by atoms with van der Waals surface area (Å²) in [6.07, 6.45) is 1.40. The number of nitrogens with zero attached hydrogens (tertiary/aromatic N) is 3. The van der Waals surface area contributed by atoms with E-state index >= 15 is 0 Å². The SMILES string of the molecule is Cc1cc(C(C)(C)C)cc(C)c1S(=O)(=O)N1CCN(CCCC#N)CC1. The second kappa shape index (κ2) is 8.08. The van der Waals surface area contributed by atoms with Crippen molar-refractivity contribution in [2.45, 2.75) is 57.8 Å². The molecule has 0 amide bonds. The molecule has 2 rings (SSSR count). The number of nitriles is 1. The predicted octanol–water partition coefficient (Wildman–Crippen LogP) is 3.21. The van der Waals surface area contributed by atoms with Gasteiger partial charge in [-0.1, -0.05) is 32.9 Å². The van der Waals surface area contributed by atoms with E-state index in [0.29, 0.717) is 24.4 Å². The fraction of sp³-hybridized carbons (Fsp3) is 0.650. The summed E-state index contributed by atoms with van der Waals surface area (Å²) < 4.78 is 28.1. The van der Waals surface area contributed by atoms with E-state index in [0.717, 1.165) is 42.7 Å². The molecule has 1 aliphatic heterocycles. The number of rotatable bonds is 5. The van der Waals surface area contributed by atoms with Crippen LogP contribution in [0.3, 0.4) is 0 Å². The first-order chi connectivity index (χ1) is 12.1. The summed E-state index contributed by atoms with van der Waals surface area (Å²) >= 11 is 0. The Kier molecular flexibility index (Phi) is 6.49. The minimum absolute atomic E-state index is 0.00708. The number of unbranched alkanes of at least 4 members (excludes halogenated alkanes) is 1. The molecule has 0 aliphatic carbocycles. The van der Waals surface area contributed by atoms with Gasteiger partial charge >= 0.3 is 0 Å². The first kappa shape index (κ1) is 20.9. The molecule has 1 aromatic rings. The largest absolute Gasteiger partial charge is 0.301 e. The van der Waals surface area contributed by atoms with Crippen LogP contribution in [0.15, 0.2) is 17.0 Å². The van der Waals surface area contributed by atoms with Gasteiger partial charge in [-0.3, -0.25) is 0 Å². The topological polar surface area (TPSA) is 64.4 Å². The number of piperazine rings is 1. The molecule has 5 nitrogen and oxygen atoms in total. The molecule has 0 atom stereocenters. The Hall–Kier alpha value is -1.42. The standard InChI is InChI=1S/C20H31N3O2S/c1-16-14-18(20(3,4)5)15-17(2)19(16)26(24,25)23-12-10-22(11-13-23)9-7-6-8-21/h14-15H,6-7,9-13H2,1-5H3. The molecule has 0 spiro atoms. The van der Waals surface area contributed by atoms with Gasteiger partial charge in [-0.2, -0.15) is 9.57 Å². The summed E-state index contributed by atoms with van der Waals surface area (Å²) in [5.74, 6) is 0. The average Bonchev–Trinajstić information content (AvgIpc) is 2.54. The van der Waals surface area contributed by atoms with Crippen LogP contribution in [0.4, 0.5) is 0 Å². The first-order valence-electron chi connectivity index (χ1n) is 9.28. The molecule has 0 saturated carbocycles. The van der Waals surface area contributed by atoms with Crippen molar-refractivity contribution in [2.75, 3.05) is 32.7 Å². The van der Waals surface area contributed by atoms with E-state index in [1.54, 1.807) is 4.31 Å². The van der Waals surface area contributed by atoms with Crippen molar-refractivity contribution in [3.05, 3.63) is 28.8 Å². The number of sulfonamides is 1. The molecule has 1 aromatic carbocycles. The maximum atomic E-state index is 13.2. The number of hydrogen-bond acceptors (Lipinski definition) is 4. The average molecular weight is 378 g/mol. The molecule has 144 valence electrons.